The summed E-state index contributed by atoms with van der Waals surface area (Å²) < 4.78 is 1.42. The number of carbonyl (C=O) groups is 1. The van der Waals surface area contributed by atoms with Gasteiger partial charge in [0.2, 0.25) is 5.91 Å². The van der Waals surface area contributed by atoms with Crippen LogP contribution in [-0.2, 0) is 10.3 Å². The van der Waals surface area contributed by atoms with E-state index >= 15 is 0 Å². The number of thiophene rings is 1. The number of nitrogens with one attached hydrogen (secondary N) is 1. The van der Waals surface area contributed by atoms with Crippen LogP contribution in [0.25, 0.3) is 10.2 Å². The van der Waals surface area contributed by atoms with Gasteiger partial charge in [0, 0.05) is 0 Å². The quantitative estimate of drug-likeness (QED) is 0.807. The number of hydrogen-bond donors (Lipinski definition) is 2. The van der Waals surface area contributed by atoms with Crippen LogP contribution in [0.1, 0.15) is 13.8 Å². The Hall–Kier alpha value is -1.47. The standard InChI is InChI=1S/C10H11N3O2S2/c1-10(2,8(11)15)13-7(14)5-3-4-17-6(5)12-9(13)16/h3-4H,1-2H3,(H2,11,15)(H,12,16). The molecule has 17 heavy (non-hydrogen) atoms. The highest BCUT2D eigenvalue weighted by molar-refractivity contribution is 7.71. The molecule has 5 nitrogen and oxygen atoms in total. The van der Waals surface area contributed by atoms with E-state index < -0.39 is 11.4 Å². The molecule has 0 aliphatic rings. The van der Waals surface area contributed by atoms with Crippen molar-refractivity contribution in [3.63, 3.8) is 0 Å². The number of H-pyrrole nitrogens is 1. The largest absolute Gasteiger partial charge is 0.368 e. The molecule has 90 valence electrons. The van der Waals surface area contributed by atoms with Crippen LogP contribution >= 0.6 is 23.6 Å². The minimum Gasteiger partial charge on any atom is -0.368 e. The number of aromatic amines is 1. The smallest absolute Gasteiger partial charge is 0.263 e. The van der Waals surface area contributed by atoms with Crippen molar-refractivity contribution < 1.29 is 4.79 Å². The summed E-state index contributed by atoms with van der Waals surface area (Å²) >= 11 is 6.50. The second kappa shape index (κ2) is 3.78. The van der Waals surface area contributed by atoms with Gasteiger partial charge < -0.3 is 10.7 Å². The minimum atomic E-state index is -1.15. The first kappa shape index (κ1) is 12.0. The molecule has 2 rings (SSSR count). The van der Waals surface area contributed by atoms with Crippen molar-refractivity contribution in [2.45, 2.75) is 19.4 Å². The molecule has 0 saturated heterocycles. The van der Waals surface area contributed by atoms with Gasteiger partial charge in [-0.15, -0.1) is 11.3 Å². The summed E-state index contributed by atoms with van der Waals surface area (Å²) in [5.74, 6) is -0.603. The van der Waals surface area contributed by atoms with Gasteiger partial charge in [0.05, 0.1) is 5.39 Å². The Kier molecular flexibility index (Phi) is 2.67. The van der Waals surface area contributed by atoms with Gasteiger partial charge in [0.25, 0.3) is 5.56 Å². The van der Waals surface area contributed by atoms with Crippen molar-refractivity contribution in [1.82, 2.24) is 9.55 Å². The predicted octanol–water partition coefficient (Wildman–Crippen LogP) is 1.34. The molecule has 0 atom stereocenters. The van der Waals surface area contributed by atoms with Gasteiger partial charge in [-0.05, 0) is 37.5 Å². The van der Waals surface area contributed by atoms with Gasteiger partial charge in [-0.1, -0.05) is 0 Å². The maximum Gasteiger partial charge on any atom is 0.263 e. The Bertz CT molecular complexity index is 708. The molecule has 0 bridgehead atoms. The van der Waals surface area contributed by atoms with E-state index in [1.54, 1.807) is 25.3 Å². The van der Waals surface area contributed by atoms with Crippen molar-refractivity contribution in [2.24, 2.45) is 5.73 Å². The summed E-state index contributed by atoms with van der Waals surface area (Å²) in [6.45, 7) is 3.14. The fourth-order valence-corrected chi connectivity index (χ4v) is 2.81. The monoisotopic (exact) mass is 269 g/mol. The number of nitrogens with two attached hydrogens (primary N) is 1. The van der Waals surface area contributed by atoms with Crippen molar-refractivity contribution in [3.05, 3.63) is 26.6 Å². The third kappa shape index (κ3) is 1.71. The second-order valence-electron chi connectivity index (χ2n) is 4.16. The van der Waals surface area contributed by atoms with E-state index in [1.807, 2.05) is 0 Å². The molecule has 2 heterocycles. The zero-order valence-electron chi connectivity index (χ0n) is 9.31. The van der Waals surface area contributed by atoms with Crippen LogP contribution in [0, 0.1) is 4.77 Å². The van der Waals surface area contributed by atoms with Crippen LogP contribution in [-0.4, -0.2) is 15.5 Å². The molecule has 0 unspecified atom stereocenters. The Morgan fingerprint density at radius 3 is 2.82 bits per heavy atom. The average molecular weight is 269 g/mol. The number of carbonyl (C=O) groups excluding carboxylic acids is 1. The van der Waals surface area contributed by atoms with E-state index in [4.69, 9.17) is 18.0 Å². The van der Waals surface area contributed by atoms with Gasteiger partial charge in [0.1, 0.15) is 10.4 Å². The highest BCUT2D eigenvalue weighted by atomic mass is 32.1. The molecule has 0 aromatic carbocycles. The van der Waals surface area contributed by atoms with Crippen LogP contribution in [0.2, 0.25) is 0 Å². The Labute approximate surface area is 106 Å². The minimum absolute atomic E-state index is 0.203. The SMILES string of the molecule is CC(C)(C(N)=O)n1c(=S)[nH]c2sccc2c1=O. The molecule has 0 aliphatic heterocycles. The molecule has 1 amide bonds. The van der Waals surface area contributed by atoms with Crippen molar-refractivity contribution in [3.8, 4) is 0 Å². The van der Waals surface area contributed by atoms with Crippen LogP contribution in [0.15, 0.2) is 16.2 Å². The predicted molar refractivity (Wildman–Crippen MR) is 69.8 cm³/mol. The Balaban J connectivity index is 2.92. The molecule has 0 radical (unpaired) electrons. The summed E-state index contributed by atoms with van der Waals surface area (Å²) in [7, 11) is 0. The summed E-state index contributed by atoms with van der Waals surface area (Å²) in [6, 6.07) is 1.70. The first-order valence-electron chi connectivity index (χ1n) is 4.88. The maximum atomic E-state index is 12.2. The number of amides is 1. The number of aromatic nitrogens is 2. The van der Waals surface area contributed by atoms with E-state index in [2.05, 4.69) is 4.98 Å². The molecule has 7 heteroatoms. The van der Waals surface area contributed by atoms with Crippen LogP contribution in [0.4, 0.5) is 0 Å². The summed E-state index contributed by atoms with van der Waals surface area (Å²) in [4.78, 5) is 27.3. The fourth-order valence-electron chi connectivity index (χ4n) is 1.56. The number of hydrogen-bond acceptors (Lipinski definition) is 4. The first-order chi connectivity index (χ1) is 7.85. The maximum absolute atomic E-state index is 12.2. The molecule has 0 spiro atoms. The Morgan fingerprint density at radius 1 is 1.59 bits per heavy atom. The van der Waals surface area contributed by atoms with E-state index in [1.165, 1.54) is 15.9 Å². The first-order valence-corrected chi connectivity index (χ1v) is 6.17. The zero-order chi connectivity index (χ0) is 12.8. The van der Waals surface area contributed by atoms with E-state index in [0.29, 0.717) is 10.2 Å². The van der Waals surface area contributed by atoms with Gasteiger partial charge in [-0.3, -0.25) is 14.2 Å². The van der Waals surface area contributed by atoms with Gasteiger partial charge >= 0.3 is 0 Å². The molecular formula is C10H11N3O2S2. The third-order valence-corrected chi connectivity index (χ3v) is 3.80. The van der Waals surface area contributed by atoms with Crippen molar-refractivity contribution >= 4 is 39.7 Å². The number of primary amides is 1. The highest BCUT2D eigenvalue weighted by Gasteiger charge is 2.30. The number of rotatable bonds is 2. The molecule has 3 N–H and O–H groups in total. The molecule has 2 aromatic rings. The van der Waals surface area contributed by atoms with E-state index in [0.717, 1.165) is 0 Å². The lowest BCUT2D eigenvalue weighted by Gasteiger charge is -2.23. The van der Waals surface area contributed by atoms with E-state index in [9.17, 15) is 9.59 Å². The number of nitrogens with zero attached hydrogens (tertiary/aromatic N) is 1. The third-order valence-electron chi connectivity index (χ3n) is 2.68. The topological polar surface area (TPSA) is 80.9 Å². The fraction of sp³-hybridized carbons (Fsp3) is 0.300. The summed E-state index contributed by atoms with van der Waals surface area (Å²) in [5, 5.41) is 2.30. The lowest BCUT2D eigenvalue weighted by Crippen LogP contribution is -2.47. The molecule has 0 aliphatic carbocycles. The molecule has 0 fully saturated rings. The lowest BCUT2D eigenvalue weighted by atomic mass is 10.0. The normalized spacial score (nSPS) is 11.9. The number of fused-ring (bicyclic) bond motifs is 1. The van der Waals surface area contributed by atoms with Crippen LogP contribution in [0.3, 0.4) is 0 Å². The zero-order valence-corrected chi connectivity index (χ0v) is 10.9. The molecule has 0 saturated carbocycles. The highest BCUT2D eigenvalue weighted by Crippen LogP contribution is 2.18. The van der Waals surface area contributed by atoms with E-state index in [-0.39, 0.29) is 10.3 Å². The van der Waals surface area contributed by atoms with Gasteiger partial charge in [-0.2, -0.15) is 0 Å². The van der Waals surface area contributed by atoms with Crippen molar-refractivity contribution in [1.29, 1.82) is 0 Å². The lowest BCUT2D eigenvalue weighted by molar-refractivity contribution is -0.125. The van der Waals surface area contributed by atoms with Gasteiger partial charge in [-0.25, -0.2) is 0 Å². The summed E-state index contributed by atoms with van der Waals surface area (Å²) in [6.07, 6.45) is 0. The Morgan fingerprint density at radius 2 is 2.24 bits per heavy atom. The second-order valence-corrected chi connectivity index (χ2v) is 5.46. The molecular weight excluding hydrogens is 258 g/mol. The average Bonchev–Trinajstić information content (AvgIpc) is 2.64. The van der Waals surface area contributed by atoms with Crippen molar-refractivity contribution in [2.75, 3.05) is 0 Å². The van der Waals surface area contributed by atoms with Crippen LogP contribution < -0.4 is 11.3 Å². The summed E-state index contributed by atoms with van der Waals surface area (Å²) in [5.41, 5.74) is 3.85. The van der Waals surface area contributed by atoms with Gasteiger partial charge in [0.15, 0.2) is 4.77 Å². The van der Waals surface area contributed by atoms with Crippen LogP contribution in [0.5, 0.6) is 0 Å². The molecule has 2 aromatic heterocycles.